The van der Waals surface area contributed by atoms with E-state index in [1.807, 2.05) is 19.0 Å². The van der Waals surface area contributed by atoms with Crippen LogP contribution in [0.1, 0.15) is 0 Å². The zero-order valence-corrected chi connectivity index (χ0v) is 17.8. The number of benzene rings is 2. The molecule has 168 valence electrons. The van der Waals surface area contributed by atoms with E-state index in [2.05, 4.69) is 25.3 Å². The third-order valence-corrected chi connectivity index (χ3v) is 4.42. The van der Waals surface area contributed by atoms with Crippen LogP contribution in [-0.2, 0) is 4.79 Å². The Morgan fingerprint density at radius 1 is 1.25 bits per heavy atom. The first kappa shape index (κ1) is 23.3. The van der Waals surface area contributed by atoms with Crippen LogP contribution >= 0.6 is 11.6 Å². The second kappa shape index (κ2) is 10.3. The maximum Gasteiger partial charge on any atom is 0.387 e. The van der Waals surface area contributed by atoms with E-state index in [4.69, 9.17) is 11.6 Å². The molecule has 32 heavy (non-hydrogen) atoms. The van der Waals surface area contributed by atoms with Gasteiger partial charge in [-0.3, -0.25) is 4.79 Å². The molecule has 0 fully saturated rings. The summed E-state index contributed by atoms with van der Waals surface area (Å²) in [5, 5.41) is 5.83. The summed E-state index contributed by atoms with van der Waals surface area (Å²) < 4.78 is 43.8. The zero-order chi connectivity index (χ0) is 23.3. The Morgan fingerprint density at radius 2 is 2.03 bits per heavy atom. The van der Waals surface area contributed by atoms with Crippen molar-refractivity contribution in [3.63, 3.8) is 0 Å². The number of anilines is 3. The fourth-order valence-electron chi connectivity index (χ4n) is 2.73. The lowest BCUT2D eigenvalue weighted by molar-refractivity contribution is -0.112. The average Bonchev–Trinajstić information content (AvgIpc) is 2.71. The van der Waals surface area contributed by atoms with Crippen LogP contribution in [0.25, 0.3) is 10.9 Å². The Hall–Kier alpha value is -3.37. The van der Waals surface area contributed by atoms with Gasteiger partial charge in [-0.2, -0.15) is 8.78 Å². The van der Waals surface area contributed by atoms with Crippen molar-refractivity contribution in [3.8, 4) is 5.75 Å². The number of amides is 1. The summed E-state index contributed by atoms with van der Waals surface area (Å²) in [5.41, 5.74) is 0.737. The van der Waals surface area contributed by atoms with Gasteiger partial charge in [-0.1, -0.05) is 17.7 Å². The van der Waals surface area contributed by atoms with Crippen LogP contribution in [0.2, 0.25) is 5.02 Å². The highest BCUT2D eigenvalue weighted by atomic mass is 35.5. The lowest BCUT2D eigenvalue weighted by Gasteiger charge is -2.14. The Balaban J connectivity index is 1.98. The normalized spacial score (nSPS) is 11.5. The topological polar surface area (TPSA) is 79.4 Å². The molecule has 0 aliphatic carbocycles. The first-order valence-electron chi connectivity index (χ1n) is 9.31. The highest BCUT2D eigenvalue weighted by Gasteiger charge is 2.16. The summed E-state index contributed by atoms with van der Waals surface area (Å²) in [4.78, 5) is 22.3. The van der Waals surface area contributed by atoms with E-state index in [0.717, 1.165) is 0 Å². The van der Waals surface area contributed by atoms with Crippen LogP contribution in [0.4, 0.5) is 30.4 Å². The number of rotatable bonds is 8. The third-order valence-electron chi connectivity index (χ3n) is 4.13. The number of likely N-dealkylation sites (N-methyl/N-ethyl adjacent to an activating group) is 1. The van der Waals surface area contributed by atoms with Crippen molar-refractivity contribution in [2.24, 2.45) is 0 Å². The van der Waals surface area contributed by atoms with Gasteiger partial charge in [0.1, 0.15) is 18.0 Å². The van der Waals surface area contributed by atoms with Crippen molar-refractivity contribution in [3.05, 3.63) is 59.7 Å². The van der Waals surface area contributed by atoms with E-state index in [0.29, 0.717) is 23.4 Å². The van der Waals surface area contributed by atoms with Gasteiger partial charge in [0, 0.05) is 29.8 Å². The fraction of sp³-hybridized carbons (Fsp3) is 0.190. The first-order valence-corrected chi connectivity index (χ1v) is 9.68. The number of aromatic nitrogens is 2. The number of nitrogens with one attached hydrogen (secondary N) is 2. The lowest BCUT2D eigenvalue weighted by Crippen LogP contribution is -2.14. The second-order valence-corrected chi connectivity index (χ2v) is 7.28. The minimum Gasteiger partial charge on any atom is -0.433 e. The molecular weight excluding hydrogens is 447 g/mol. The molecule has 3 aromatic rings. The number of ether oxygens (including phenoxy) is 1. The largest absolute Gasteiger partial charge is 0.433 e. The van der Waals surface area contributed by atoms with Crippen molar-refractivity contribution in [2.45, 2.75) is 6.61 Å². The van der Waals surface area contributed by atoms with Gasteiger partial charge >= 0.3 is 6.61 Å². The molecule has 1 aromatic heterocycles. The van der Waals surface area contributed by atoms with E-state index in [9.17, 15) is 18.0 Å². The van der Waals surface area contributed by atoms with E-state index >= 15 is 0 Å². The van der Waals surface area contributed by atoms with Gasteiger partial charge in [0.05, 0.1) is 16.2 Å². The molecule has 0 saturated heterocycles. The van der Waals surface area contributed by atoms with Crippen molar-refractivity contribution < 1.29 is 22.7 Å². The lowest BCUT2D eigenvalue weighted by atomic mass is 10.1. The van der Waals surface area contributed by atoms with E-state index in [1.165, 1.54) is 42.7 Å². The molecule has 2 N–H and O–H groups in total. The number of hydrogen-bond acceptors (Lipinski definition) is 6. The van der Waals surface area contributed by atoms with Gasteiger partial charge in [0.15, 0.2) is 5.75 Å². The summed E-state index contributed by atoms with van der Waals surface area (Å²) >= 11 is 5.82. The highest BCUT2D eigenvalue weighted by Crippen LogP contribution is 2.34. The van der Waals surface area contributed by atoms with Crippen LogP contribution in [0.3, 0.4) is 0 Å². The Kier molecular flexibility index (Phi) is 7.49. The summed E-state index contributed by atoms with van der Waals surface area (Å²) in [6, 6.07) is 6.71. The summed E-state index contributed by atoms with van der Waals surface area (Å²) in [7, 11) is 3.67. The molecule has 0 bridgehead atoms. The molecule has 0 aliphatic rings. The smallest absolute Gasteiger partial charge is 0.387 e. The zero-order valence-electron chi connectivity index (χ0n) is 17.1. The van der Waals surface area contributed by atoms with Crippen LogP contribution in [0, 0.1) is 5.82 Å². The van der Waals surface area contributed by atoms with Crippen LogP contribution in [0.15, 0.2) is 48.8 Å². The minimum atomic E-state index is -3.10. The van der Waals surface area contributed by atoms with Gasteiger partial charge in [0.2, 0.25) is 5.91 Å². The molecule has 0 unspecified atom stereocenters. The van der Waals surface area contributed by atoms with Gasteiger partial charge in [-0.05, 0) is 38.4 Å². The molecule has 0 atom stereocenters. The van der Waals surface area contributed by atoms with Crippen LogP contribution in [0.5, 0.6) is 5.75 Å². The number of nitrogens with zero attached hydrogens (tertiary/aromatic N) is 3. The molecule has 11 heteroatoms. The van der Waals surface area contributed by atoms with E-state index in [-0.39, 0.29) is 22.0 Å². The predicted octanol–water partition coefficient (Wildman–Crippen LogP) is 4.82. The standard InChI is InChI=1S/C21H19ClF3N5O2/c1-30(2)7-3-4-19(31)29-17-9-13-16(10-18(17)32-21(24)25)26-11-27-20(13)28-12-5-6-15(23)14(22)8-12/h3-6,8-11,21H,7H2,1-2H3,(H,29,31)(H,26,27,28). The quantitative estimate of drug-likeness (QED) is 0.464. The summed E-state index contributed by atoms with van der Waals surface area (Å²) in [6.45, 7) is -2.58. The van der Waals surface area contributed by atoms with Gasteiger partial charge in [-0.25, -0.2) is 14.4 Å². The molecule has 3 rings (SSSR count). The molecular formula is C21H19ClF3N5O2. The molecule has 2 aromatic carbocycles. The van der Waals surface area contributed by atoms with Crippen LogP contribution < -0.4 is 15.4 Å². The second-order valence-electron chi connectivity index (χ2n) is 6.87. The minimum absolute atomic E-state index is 0.00675. The van der Waals surface area contributed by atoms with Crippen molar-refractivity contribution >= 4 is 45.6 Å². The Bertz CT molecular complexity index is 1160. The SMILES string of the molecule is CN(C)CC=CC(=O)Nc1cc2c(Nc3ccc(F)c(Cl)c3)ncnc2cc1OC(F)F. The number of alkyl halides is 2. The van der Waals surface area contributed by atoms with Crippen molar-refractivity contribution in [1.82, 2.24) is 14.9 Å². The summed E-state index contributed by atoms with van der Waals surface area (Å²) in [6.07, 6.45) is 4.14. The first-order chi connectivity index (χ1) is 15.2. The Labute approximate surface area is 186 Å². The molecule has 0 aliphatic heterocycles. The number of fused-ring (bicyclic) bond motifs is 1. The van der Waals surface area contributed by atoms with E-state index < -0.39 is 18.3 Å². The maximum atomic E-state index is 13.4. The van der Waals surface area contributed by atoms with Crippen molar-refractivity contribution in [1.29, 1.82) is 0 Å². The van der Waals surface area contributed by atoms with Gasteiger partial charge in [0.25, 0.3) is 0 Å². The average molecular weight is 466 g/mol. The number of carbonyl (C=O) groups is 1. The van der Waals surface area contributed by atoms with Crippen LogP contribution in [-0.4, -0.2) is 48.0 Å². The molecule has 1 amide bonds. The molecule has 1 heterocycles. The third kappa shape index (κ3) is 6.08. The maximum absolute atomic E-state index is 13.4. The van der Waals surface area contributed by atoms with Crippen molar-refractivity contribution in [2.75, 3.05) is 31.3 Å². The van der Waals surface area contributed by atoms with Gasteiger partial charge < -0.3 is 20.3 Å². The Morgan fingerprint density at radius 3 is 2.72 bits per heavy atom. The van der Waals surface area contributed by atoms with E-state index in [1.54, 1.807) is 6.08 Å². The summed E-state index contributed by atoms with van der Waals surface area (Å²) in [5.74, 6) is -1.07. The monoisotopic (exact) mass is 465 g/mol. The molecule has 0 spiro atoms. The molecule has 7 nitrogen and oxygen atoms in total. The number of carbonyl (C=O) groups excluding carboxylic acids is 1. The predicted molar refractivity (Wildman–Crippen MR) is 117 cm³/mol. The highest BCUT2D eigenvalue weighted by molar-refractivity contribution is 6.31. The molecule has 0 saturated carbocycles. The molecule has 0 radical (unpaired) electrons. The van der Waals surface area contributed by atoms with Gasteiger partial charge in [-0.15, -0.1) is 0 Å². The fourth-order valence-corrected chi connectivity index (χ4v) is 2.91. The number of halogens is 4. The number of hydrogen-bond donors (Lipinski definition) is 2.